The molecule has 0 fully saturated rings. The predicted octanol–water partition coefficient (Wildman–Crippen LogP) is 5.32. The Morgan fingerprint density at radius 2 is 1.60 bits per heavy atom. The lowest BCUT2D eigenvalue weighted by Gasteiger charge is -2.32. The van der Waals surface area contributed by atoms with Crippen LogP contribution in [0.5, 0.6) is 0 Å². The second-order valence-electron chi connectivity index (χ2n) is 12.8. The molecular formula is C36H47N7O5S2. The van der Waals surface area contributed by atoms with Crippen molar-refractivity contribution in [2.75, 3.05) is 13.6 Å². The number of hydrogen-bond donors (Lipinski definition) is 4. The molecule has 50 heavy (non-hydrogen) atoms. The molecule has 0 saturated heterocycles. The van der Waals surface area contributed by atoms with E-state index >= 15 is 0 Å². The van der Waals surface area contributed by atoms with Gasteiger partial charge in [0.2, 0.25) is 0 Å². The molecule has 2 aromatic heterocycles. The van der Waals surface area contributed by atoms with Gasteiger partial charge in [0.15, 0.2) is 0 Å². The van der Waals surface area contributed by atoms with Crippen LogP contribution in [-0.4, -0.2) is 74.8 Å². The average molecular weight is 722 g/mol. The number of hydrazine groups is 1. The Morgan fingerprint density at radius 1 is 0.920 bits per heavy atom. The SMILES string of the molecule is CC(C)c1nc(CN(C)C(=O)N[C@@H](C(=O)NN(Cc2ccccc2)C[C@H](O)[C@H](Cc2ccccc2)NC(=O)OCc2cncs2)C(C)C)cs1. The molecule has 4 N–H and O–H groups in total. The van der Waals surface area contributed by atoms with E-state index in [2.05, 4.69) is 39.9 Å². The third-order valence-electron chi connectivity index (χ3n) is 7.82. The molecule has 0 aliphatic heterocycles. The lowest BCUT2D eigenvalue weighted by atomic mass is 10.0. The highest BCUT2D eigenvalue weighted by molar-refractivity contribution is 7.09. The van der Waals surface area contributed by atoms with E-state index in [0.717, 1.165) is 26.7 Å². The summed E-state index contributed by atoms with van der Waals surface area (Å²) in [5, 5.41) is 21.9. The van der Waals surface area contributed by atoms with Gasteiger partial charge in [0.05, 0.1) is 39.8 Å². The van der Waals surface area contributed by atoms with Crippen LogP contribution in [0.1, 0.15) is 60.3 Å². The third kappa shape index (κ3) is 12.2. The number of ether oxygens (including phenoxy) is 1. The summed E-state index contributed by atoms with van der Waals surface area (Å²) in [5.41, 5.74) is 7.19. The number of nitrogens with one attached hydrogen (secondary N) is 3. The highest BCUT2D eigenvalue weighted by Gasteiger charge is 2.30. The number of thiazole rings is 2. The summed E-state index contributed by atoms with van der Waals surface area (Å²) >= 11 is 2.94. The Morgan fingerprint density at radius 3 is 2.20 bits per heavy atom. The van der Waals surface area contributed by atoms with E-state index in [0.29, 0.717) is 18.9 Å². The molecule has 0 unspecified atom stereocenters. The van der Waals surface area contributed by atoms with Gasteiger partial charge in [-0.3, -0.25) is 15.2 Å². The normalized spacial score (nSPS) is 13.1. The number of rotatable bonds is 17. The first-order valence-corrected chi connectivity index (χ1v) is 18.3. The molecule has 0 aliphatic carbocycles. The highest BCUT2D eigenvalue weighted by Crippen LogP contribution is 2.20. The van der Waals surface area contributed by atoms with Gasteiger partial charge < -0.3 is 25.4 Å². The third-order valence-corrected chi connectivity index (χ3v) is 9.77. The van der Waals surface area contributed by atoms with E-state index in [-0.39, 0.29) is 25.6 Å². The van der Waals surface area contributed by atoms with Crippen LogP contribution in [0.4, 0.5) is 9.59 Å². The number of carbonyl (C=O) groups is 3. The van der Waals surface area contributed by atoms with Gasteiger partial charge in [-0.15, -0.1) is 22.7 Å². The zero-order chi connectivity index (χ0) is 36.0. The second-order valence-corrected chi connectivity index (χ2v) is 14.6. The Labute approximate surface area is 301 Å². The van der Waals surface area contributed by atoms with Gasteiger partial charge in [0.25, 0.3) is 5.91 Å². The minimum Gasteiger partial charge on any atom is -0.444 e. The number of aromatic nitrogens is 2. The van der Waals surface area contributed by atoms with E-state index in [4.69, 9.17) is 4.74 Å². The van der Waals surface area contributed by atoms with Crippen molar-refractivity contribution in [2.45, 2.75) is 77.9 Å². The molecule has 4 rings (SSSR count). The summed E-state index contributed by atoms with van der Waals surface area (Å²) in [5.74, 6) is -0.382. The van der Waals surface area contributed by atoms with Crippen LogP contribution in [0.25, 0.3) is 0 Å². The van der Waals surface area contributed by atoms with Crippen LogP contribution in [0, 0.1) is 5.92 Å². The number of urea groups is 1. The largest absolute Gasteiger partial charge is 0.444 e. The fourth-order valence-electron chi connectivity index (χ4n) is 5.08. The number of carbonyl (C=O) groups excluding carboxylic acids is 3. The summed E-state index contributed by atoms with van der Waals surface area (Å²) in [4.78, 5) is 50.9. The monoisotopic (exact) mass is 721 g/mol. The highest BCUT2D eigenvalue weighted by atomic mass is 32.1. The average Bonchev–Trinajstić information content (AvgIpc) is 3.79. The minimum absolute atomic E-state index is 0.0338. The van der Waals surface area contributed by atoms with Crippen molar-refractivity contribution in [3.63, 3.8) is 0 Å². The lowest BCUT2D eigenvalue weighted by molar-refractivity contribution is -0.130. The Bertz CT molecular complexity index is 1620. The molecule has 268 valence electrons. The van der Waals surface area contributed by atoms with Crippen molar-refractivity contribution in [3.05, 3.63) is 104 Å². The maximum absolute atomic E-state index is 13.8. The van der Waals surface area contributed by atoms with Gasteiger partial charge in [0, 0.05) is 37.6 Å². The maximum Gasteiger partial charge on any atom is 0.407 e. The molecule has 0 saturated carbocycles. The molecule has 12 nitrogen and oxygen atoms in total. The van der Waals surface area contributed by atoms with Crippen LogP contribution in [0.3, 0.4) is 0 Å². The number of amides is 4. The molecule has 14 heteroatoms. The van der Waals surface area contributed by atoms with Crippen LogP contribution in [0.15, 0.2) is 77.8 Å². The molecule has 0 radical (unpaired) electrons. The number of benzene rings is 2. The van der Waals surface area contributed by atoms with E-state index < -0.39 is 36.2 Å². The standard InChI is InChI=1S/C36H47N7O5S2/c1-24(2)32(40-35(46)42(5)19-28-22-49-34(38-28)25(3)4)33(45)41-43(18-27-14-10-7-11-15-27)20-31(44)30(16-26-12-8-6-9-13-26)39-36(47)48-21-29-17-37-23-50-29/h6-15,17,22-25,30-32,44H,16,18-21H2,1-5H3,(H,39,47)(H,40,46)(H,41,45)/t30-,31-,32+/m0/s1. The fourth-order valence-corrected chi connectivity index (χ4v) is 6.41. The molecular weight excluding hydrogens is 675 g/mol. The molecule has 2 aromatic carbocycles. The summed E-state index contributed by atoms with van der Waals surface area (Å²) in [6, 6.07) is 17.0. The van der Waals surface area contributed by atoms with E-state index in [1.165, 1.54) is 16.2 Å². The first-order valence-electron chi connectivity index (χ1n) is 16.6. The lowest BCUT2D eigenvalue weighted by Crippen LogP contribution is -2.58. The van der Waals surface area contributed by atoms with Crippen molar-refractivity contribution < 1.29 is 24.2 Å². The minimum atomic E-state index is -1.12. The molecule has 4 amide bonds. The first-order chi connectivity index (χ1) is 24.0. The number of aliphatic hydroxyl groups is 1. The Hall–Kier alpha value is -4.37. The fraction of sp³-hybridized carbons (Fsp3) is 0.417. The zero-order valence-corrected chi connectivity index (χ0v) is 30.7. The summed E-state index contributed by atoms with van der Waals surface area (Å²) < 4.78 is 5.41. The smallest absolute Gasteiger partial charge is 0.407 e. The molecule has 3 atom stereocenters. The van der Waals surface area contributed by atoms with Crippen LogP contribution < -0.4 is 16.1 Å². The predicted molar refractivity (Wildman–Crippen MR) is 195 cm³/mol. The number of aliphatic hydroxyl groups excluding tert-OH is 1. The van der Waals surface area contributed by atoms with Crippen LogP contribution >= 0.6 is 22.7 Å². The number of alkyl carbamates (subject to hydrolysis) is 1. The summed E-state index contributed by atoms with van der Waals surface area (Å²) in [6.07, 6.45) is 0.149. The van der Waals surface area contributed by atoms with Crippen molar-refractivity contribution in [3.8, 4) is 0 Å². The summed E-state index contributed by atoms with van der Waals surface area (Å²) in [7, 11) is 1.67. The zero-order valence-electron chi connectivity index (χ0n) is 29.1. The van der Waals surface area contributed by atoms with E-state index in [1.807, 2.05) is 79.9 Å². The van der Waals surface area contributed by atoms with Crippen LogP contribution in [-0.2, 0) is 35.6 Å². The number of nitrogens with zero attached hydrogens (tertiary/aromatic N) is 4. The van der Waals surface area contributed by atoms with Gasteiger partial charge in [-0.2, -0.15) is 0 Å². The molecule has 0 bridgehead atoms. The van der Waals surface area contributed by atoms with E-state index in [1.54, 1.807) is 35.1 Å². The van der Waals surface area contributed by atoms with Gasteiger partial charge in [-0.1, -0.05) is 88.4 Å². The van der Waals surface area contributed by atoms with Gasteiger partial charge in [-0.05, 0) is 23.5 Å². The Balaban J connectivity index is 1.46. The molecule has 0 spiro atoms. The van der Waals surface area contributed by atoms with Gasteiger partial charge >= 0.3 is 12.1 Å². The van der Waals surface area contributed by atoms with E-state index in [9.17, 15) is 19.5 Å². The van der Waals surface area contributed by atoms with Crippen molar-refractivity contribution >= 4 is 40.7 Å². The summed E-state index contributed by atoms with van der Waals surface area (Å²) in [6.45, 7) is 8.44. The maximum atomic E-state index is 13.8. The molecule has 2 heterocycles. The first kappa shape index (κ1) is 38.4. The quantitative estimate of drug-likeness (QED) is 0.107. The van der Waals surface area contributed by atoms with Gasteiger partial charge in [-0.25, -0.2) is 19.6 Å². The molecule has 0 aliphatic rings. The van der Waals surface area contributed by atoms with Crippen molar-refractivity contribution in [2.24, 2.45) is 5.92 Å². The van der Waals surface area contributed by atoms with Crippen molar-refractivity contribution in [1.29, 1.82) is 0 Å². The van der Waals surface area contributed by atoms with Crippen LogP contribution in [0.2, 0.25) is 0 Å². The number of hydrogen-bond acceptors (Lipinski definition) is 10. The molecule has 4 aromatic rings. The Kier molecular flexibility index (Phi) is 14.7. The second kappa shape index (κ2) is 19.1. The topological polar surface area (TPSA) is 149 Å². The van der Waals surface area contributed by atoms with Gasteiger partial charge in [0.1, 0.15) is 12.6 Å². The van der Waals surface area contributed by atoms with Crippen molar-refractivity contribution in [1.82, 2.24) is 35.9 Å².